The molecule has 1 saturated heterocycles. The number of benzene rings is 1. The minimum Gasteiger partial charge on any atom is -0.484 e. The zero-order valence-corrected chi connectivity index (χ0v) is 15.6. The summed E-state index contributed by atoms with van der Waals surface area (Å²) in [5.74, 6) is 0.728. The highest BCUT2D eigenvalue weighted by molar-refractivity contribution is 7.90. The number of ether oxygens (including phenoxy) is 1. The Kier molecular flexibility index (Phi) is 5.86. The van der Waals surface area contributed by atoms with Crippen LogP contribution >= 0.6 is 11.6 Å². The van der Waals surface area contributed by atoms with Gasteiger partial charge in [0.15, 0.2) is 6.61 Å². The average molecular weight is 387 g/mol. The van der Waals surface area contributed by atoms with Gasteiger partial charge in [0.2, 0.25) is 10.0 Å². The minimum atomic E-state index is -3.07. The Morgan fingerprint density at radius 1 is 1.16 bits per heavy atom. The van der Waals surface area contributed by atoms with Gasteiger partial charge < -0.3 is 10.1 Å². The average Bonchev–Trinajstić information content (AvgIpc) is 3.45. The third kappa shape index (κ3) is 5.09. The molecule has 1 N–H and O–H groups in total. The van der Waals surface area contributed by atoms with Gasteiger partial charge in [0.05, 0.1) is 5.25 Å². The molecule has 25 heavy (non-hydrogen) atoms. The first kappa shape index (κ1) is 18.5. The van der Waals surface area contributed by atoms with Gasteiger partial charge in [-0.3, -0.25) is 4.79 Å². The molecule has 0 unspecified atom stereocenters. The lowest BCUT2D eigenvalue weighted by Gasteiger charge is -2.31. The Hall–Kier alpha value is -1.31. The largest absolute Gasteiger partial charge is 0.484 e. The van der Waals surface area contributed by atoms with Crippen LogP contribution in [-0.2, 0) is 14.8 Å². The molecule has 0 bridgehead atoms. The number of hydrogen-bond acceptors (Lipinski definition) is 4. The van der Waals surface area contributed by atoms with E-state index in [9.17, 15) is 13.2 Å². The molecule has 0 aromatic heterocycles. The molecule has 1 amide bonds. The van der Waals surface area contributed by atoms with Crippen LogP contribution in [0, 0.1) is 5.92 Å². The van der Waals surface area contributed by atoms with Gasteiger partial charge >= 0.3 is 0 Å². The molecule has 1 aliphatic carbocycles. The molecule has 1 saturated carbocycles. The van der Waals surface area contributed by atoms with Gasteiger partial charge in [0.1, 0.15) is 5.75 Å². The standard InChI is InChI=1S/C17H23ClN2O4S/c18-14-1-3-15(4-2-14)24-12-17(21)19-11-13-7-9-20(10-8-13)25(22,23)16-5-6-16/h1-4,13,16H,5-12H2,(H,19,21). The van der Waals surface area contributed by atoms with Crippen molar-refractivity contribution in [1.29, 1.82) is 0 Å². The van der Waals surface area contributed by atoms with Crippen molar-refractivity contribution in [2.24, 2.45) is 5.92 Å². The van der Waals surface area contributed by atoms with Crippen molar-refractivity contribution in [3.8, 4) is 5.75 Å². The molecule has 1 heterocycles. The van der Waals surface area contributed by atoms with Crippen LogP contribution in [0.5, 0.6) is 5.75 Å². The van der Waals surface area contributed by atoms with Crippen LogP contribution < -0.4 is 10.1 Å². The number of halogens is 1. The van der Waals surface area contributed by atoms with E-state index in [0.717, 1.165) is 25.7 Å². The number of carbonyl (C=O) groups is 1. The quantitative estimate of drug-likeness (QED) is 0.778. The SMILES string of the molecule is O=C(COc1ccc(Cl)cc1)NCC1CCN(S(=O)(=O)C2CC2)CC1. The van der Waals surface area contributed by atoms with E-state index in [0.29, 0.717) is 36.3 Å². The smallest absolute Gasteiger partial charge is 0.257 e. The van der Waals surface area contributed by atoms with Gasteiger partial charge in [-0.25, -0.2) is 12.7 Å². The lowest BCUT2D eigenvalue weighted by Crippen LogP contribution is -2.43. The predicted molar refractivity (Wildman–Crippen MR) is 96.2 cm³/mol. The highest BCUT2D eigenvalue weighted by Gasteiger charge is 2.41. The third-order valence-electron chi connectivity index (χ3n) is 4.65. The van der Waals surface area contributed by atoms with Crippen molar-refractivity contribution in [2.75, 3.05) is 26.2 Å². The number of amides is 1. The second kappa shape index (κ2) is 7.93. The van der Waals surface area contributed by atoms with Gasteiger partial charge in [-0.2, -0.15) is 0 Å². The fraction of sp³-hybridized carbons (Fsp3) is 0.588. The van der Waals surface area contributed by atoms with Crippen molar-refractivity contribution < 1.29 is 17.9 Å². The first-order valence-corrected chi connectivity index (χ1v) is 10.5. The van der Waals surface area contributed by atoms with E-state index >= 15 is 0 Å². The maximum absolute atomic E-state index is 12.2. The maximum atomic E-state index is 12.2. The highest BCUT2D eigenvalue weighted by atomic mass is 35.5. The second-order valence-electron chi connectivity index (χ2n) is 6.63. The minimum absolute atomic E-state index is 0.0451. The summed E-state index contributed by atoms with van der Waals surface area (Å²) in [6.45, 7) is 1.62. The Labute approximate surface area is 153 Å². The van der Waals surface area contributed by atoms with Crippen LogP contribution in [0.15, 0.2) is 24.3 Å². The van der Waals surface area contributed by atoms with E-state index in [1.54, 1.807) is 28.6 Å². The van der Waals surface area contributed by atoms with Crippen LogP contribution in [0.25, 0.3) is 0 Å². The molecule has 1 aromatic rings. The molecule has 8 heteroatoms. The van der Waals surface area contributed by atoms with E-state index in [1.165, 1.54) is 0 Å². The van der Waals surface area contributed by atoms with Gasteiger partial charge in [-0.15, -0.1) is 0 Å². The van der Waals surface area contributed by atoms with Gasteiger partial charge in [0, 0.05) is 24.7 Å². The molecule has 3 rings (SSSR count). The van der Waals surface area contributed by atoms with Gasteiger partial charge in [0.25, 0.3) is 5.91 Å². The van der Waals surface area contributed by atoms with Crippen LogP contribution in [-0.4, -0.2) is 50.1 Å². The van der Waals surface area contributed by atoms with Crippen molar-refractivity contribution in [2.45, 2.75) is 30.9 Å². The van der Waals surface area contributed by atoms with E-state index in [4.69, 9.17) is 16.3 Å². The molecule has 0 radical (unpaired) electrons. The molecular formula is C17H23ClN2O4S. The number of rotatable bonds is 7. The van der Waals surface area contributed by atoms with Crippen molar-refractivity contribution in [3.05, 3.63) is 29.3 Å². The van der Waals surface area contributed by atoms with Crippen molar-refractivity contribution in [1.82, 2.24) is 9.62 Å². The molecule has 1 aromatic carbocycles. The van der Waals surface area contributed by atoms with Crippen LogP contribution in [0.1, 0.15) is 25.7 Å². The van der Waals surface area contributed by atoms with Crippen molar-refractivity contribution in [3.63, 3.8) is 0 Å². The fourth-order valence-corrected chi connectivity index (χ4v) is 4.93. The number of hydrogen-bond donors (Lipinski definition) is 1. The topological polar surface area (TPSA) is 75.7 Å². The normalized spacial score (nSPS) is 19.6. The van der Waals surface area contributed by atoms with E-state index in [2.05, 4.69) is 5.32 Å². The molecule has 138 valence electrons. The molecule has 1 aliphatic heterocycles. The van der Waals surface area contributed by atoms with Crippen molar-refractivity contribution >= 4 is 27.5 Å². The lowest BCUT2D eigenvalue weighted by atomic mass is 9.98. The highest BCUT2D eigenvalue weighted by Crippen LogP contribution is 2.33. The summed E-state index contributed by atoms with van der Waals surface area (Å²) in [6, 6.07) is 6.84. The fourth-order valence-electron chi connectivity index (χ4n) is 2.93. The molecule has 0 atom stereocenters. The van der Waals surface area contributed by atoms with Gasteiger partial charge in [-0.1, -0.05) is 11.6 Å². The monoisotopic (exact) mass is 386 g/mol. The summed E-state index contributed by atoms with van der Waals surface area (Å²) < 4.78 is 31.4. The summed E-state index contributed by atoms with van der Waals surface area (Å²) in [5, 5.41) is 3.34. The van der Waals surface area contributed by atoms with Crippen LogP contribution in [0.4, 0.5) is 0 Å². The van der Waals surface area contributed by atoms with E-state index in [1.807, 2.05) is 0 Å². The lowest BCUT2D eigenvalue weighted by molar-refractivity contribution is -0.123. The zero-order chi connectivity index (χ0) is 17.9. The number of nitrogens with one attached hydrogen (secondary N) is 1. The van der Waals surface area contributed by atoms with Crippen LogP contribution in [0.3, 0.4) is 0 Å². The number of nitrogens with zero attached hydrogens (tertiary/aromatic N) is 1. The summed E-state index contributed by atoms with van der Waals surface area (Å²) in [7, 11) is -3.07. The molecule has 0 spiro atoms. The third-order valence-corrected chi connectivity index (χ3v) is 7.30. The number of sulfonamides is 1. The van der Waals surface area contributed by atoms with Crippen LogP contribution in [0.2, 0.25) is 5.02 Å². The van der Waals surface area contributed by atoms with Gasteiger partial charge in [-0.05, 0) is 55.9 Å². The number of carbonyl (C=O) groups excluding carboxylic acids is 1. The Bertz CT molecular complexity index is 696. The Balaban J connectivity index is 1.35. The van der Waals surface area contributed by atoms with E-state index < -0.39 is 10.0 Å². The van der Waals surface area contributed by atoms with E-state index in [-0.39, 0.29) is 17.8 Å². The molecular weight excluding hydrogens is 364 g/mol. The second-order valence-corrected chi connectivity index (χ2v) is 9.28. The number of piperidine rings is 1. The molecule has 2 aliphatic rings. The first-order chi connectivity index (χ1) is 11.9. The first-order valence-electron chi connectivity index (χ1n) is 8.59. The zero-order valence-electron chi connectivity index (χ0n) is 14.0. The molecule has 2 fully saturated rings. The summed E-state index contributed by atoms with van der Waals surface area (Å²) in [4.78, 5) is 11.9. The Morgan fingerprint density at radius 2 is 1.80 bits per heavy atom. The molecule has 6 nitrogen and oxygen atoms in total. The Morgan fingerprint density at radius 3 is 2.40 bits per heavy atom. The summed E-state index contributed by atoms with van der Waals surface area (Å²) in [5.41, 5.74) is 0. The summed E-state index contributed by atoms with van der Waals surface area (Å²) in [6.07, 6.45) is 3.16. The predicted octanol–water partition coefficient (Wildman–Crippen LogP) is 2.04. The summed E-state index contributed by atoms with van der Waals surface area (Å²) >= 11 is 5.79. The maximum Gasteiger partial charge on any atom is 0.257 e.